The number of carbonyl (C=O) groups excluding carboxylic acids is 1. The summed E-state index contributed by atoms with van der Waals surface area (Å²) in [5, 5.41) is 3.03. The van der Waals surface area contributed by atoms with E-state index in [9.17, 15) is 4.79 Å². The third-order valence-electron chi connectivity index (χ3n) is 3.18. The molecule has 0 aliphatic carbocycles. The Morgan fingerprint density at radius 2 is 1.95 bits per heavy atom. The zero-order valence-electron chi connectivity index (χ0n) is 12.0. The summed E-state index contributed by atoms with van der Waals surface area (Å²) in [6.07, 6.45) is 0. The highest BCUT2D eigenvalue weighted by atomic mass is 32.1. The lowest BCUT2D eigenvalue weighted by Gasteiger charge is -2.13. The molecule has 0 spiro atoms. The average molecular weight is 277 g/mol. The van der Waals surface area contributed by atoms with Gasteiger partial charge in [-0.25, -0.2) is 0 Å². The zero-order valence-corrected chi connectivity index (χ0v) is 12.8. The summed E-state index contributed by atoms with van der Waals surface area (Å²) >= 11 is 1.76. The van der Waals surface area contributed by atoms with Crippen LogP contribution in [-0.2, 0) is 0 Å². The molecule has 4 heteroatoms. The highest BCUT2D eigenvalue weighted by Gasteiger charge is 2.18. The normalized spacial score (nSPS) is 12.5. The van der Waals surface area contributed by atoms with E-state index < -0.39 is 0 Å². The van der Waals surface area contributed by atoms with Crippen molar-refractivity contribution >= 4 is 17.2 Å². The van der Waals surface area contributed by atoms with Gasteiger partial charge in [-0.05, 0) is 52.3 Å². The Kier molecular flexibility index (Phi) is 3.80. The molecule has 0 radical (unpaired) electrons. The molecule has 19 heavy (non-hydrogen) atoms. The number of nitrogens with one attached hydrogen (secondary N) is 1. The van der Waals surface area contributed by atoms with Crippen molar-refractivity contribution in [1.29, 1.82) is 0 Å². The molecular weight excluding hydrogens is 258 g/mol. The van der Waals surface area contributed by atoms with Gasteiger partial charge in [0.25, 0.3) is 5.91 Å². The monoisotopic (exact) mass is 277 g/mol. The number of rotatable bonds is 3. The van der Waals surface area contributed by atoms with Crippen molar-refractivity contribution in [3.8, 4) is 0 Å². The predicted octanol–water partition coefficient (Wildman–Crippen LogP) is 4.07. The molecule has 0 bridgehead atoms. The topological polar surface area (TPSA) is 42.2 Å². The maximum atomic E-state index is 12.2. The van der Waals surface area contributed by atoms with Gasteiger partial charge in [-0.3, -0.25) is 4.79 Å². The van der Waals surface area contributed by atoms with Crippen LogP contribution in [0.25, 0.3) is 0 Å². The van der Waals surface area contributed by atoms with Crippen LogP contribution in [-0.4, -0.2) is 5.91 Å². The van der Waals surface area contributed by atoms with Crippen LogP contribution in [0.2, 0.25) is 0 Å². The van der Waals surface area contributed by atoms with Crippen LogP contribution in [0.5, 0.6) is 0 Å². The van der Waals surface area contributed by atoms with Crippen LogP contribution in [0.4, 0.5) is 0 Å². The fraction of sp³-hybridized carbons (Fsp3) is 0.400. The molecule has 0 fully saturated rings. The maximum Gasteiger partial charge on any atom is 0.255 e. The summed E-state index contributed by atoms with van der Waals surface area (Å²) in [6, 6.07) is 3.92. The molecule has 0 aromatic carbocycles. The van der Waals surface area contributed by atoms with Gasteiger partial charge in [0.1, 0.15) is 11.5 Å². The summed E-state index contributed by atoms with van der Waals surface area (Å²) in [7, 11) is 0. The van der Waals surface area contributed by atoms with Crippen molar-refractivity contribution in [1.82, 2.24) is 5.32 Å². The van der Waals surface area contributed by atoms with E-state index in [1.54, 1.807) is 17.4 Å². The summed E-state index contributed by atoms with van der Waals surface area (Å²) in [6.45, 7) is 9.84. The molecule has 3 nitrogen and oxygen atoms in total. The predicted molar refractivity (Wildman–Crippen MR) is 77.9 cm³/mol. The van der Waals surface area contributed by atoms with Gasteiger partial charge in [-0.15, -0.1) is 11.3 Å². The third-order valence-corrected chi connectivity index (χ3v) is 4.16. The highest BCUT2D eigenvalue weighted by molar-refractivity contribution is 7.12. The second-order valence-corrected chi connectivity index (χ2v) is 6.35. The molecule has 1 amide bonds. The molecule has 2 aromatic heterocycles. The van der Waals surface area contributed by atoms with E-state index in [0.29, 0.717) is 11.3 Å². The van der Waals surface area contributed by atoms with Crippen molar-refractivity contribution < 1.29 is 9.21 Å². The van der Waals surface area contributed by atoms with Crippen LogP contribution in [0.3, 0.4) is 0 Å². The van der Waals surface area contributed by atoms with Gasteiger partial charge in [0.15, 0.2) is 0 Å². The standard InChI is InChI=1S/C15H19NO2S/c1-8-6-14(11(4)18-8)15(17)16-10(3)13-7-9(2)19-12(13)5/h6-7,10H,1-5H3,(H,16,17). The number of furan rings is 1. The van der Waals surface area contributed by atoms with Crippen LogP contribution >= 0.6 is 11.3 Å². The van der Waals surface area contributed by atoms with Crippen molar-refractivity contribution in [2.24, 2.45) is 0 Å². The fourth-order valence-corrected chi connectivity index (χ4v) is 3.31. The number of hydrogen-bond acceptors (Lipinski definition) is 3. The first-order chi connectivity index (χ1) is 8.88. The van der Waals surface area contributed by atoms with Gasteiger partial charge in [0.05, 0.1) is 11.6 Å². The lowest BCUT2D eigenvalue weighted by Crippen LogP contribution is -2.26. The molecule has 2 aromatic rings. The summed E-state index contributed by atoms with van der Waals surface area (Å²) in [4.78, 5) is 14.7. The highest BCUT2D eigenvalue weighted by Crippen LogP contribution is 2.26. The Balaban J connectivity index is 2.15. The molecule has 0 saturated heterocycles. The first kappa shape index (κ1) is 13.9. The lowest BCUT2D eigenvalue weighted by atomic mass is 10.1. The number of aryl methyl sites for hydroxylation is 4. The molecule has 102 valence electrons. The van der Waals surface area contributed by atoms with E-state index >= 15 is 0 Å². The Bertz CT molecular complexity index is 610. The zero-order chi connectivity index (χ0) is 14.2. The molecule has 1 N–H and O–H groups in total. The van der Waals surface area contributed by atoms with E-state index in [0.717, 1.165) is 5.76 Å². The molecule has 0 aliphatic heterocycles. The molecule has 2 heterocycles. The first-order valence-electron chi connectivity index (χ1n) is 6.33. The Labute approximate surface area is 117 Å². The minimum atomic E-state index is -0.0786. The Hall–Kier alpha value is -1.55. The molecular formula is C15H19NO2S. The van der Waals surface area contributed by atoms with Gasteiger partial charge >= 0.3 is 0 Å². The quantitative estimate of drug-likeness (QED) is 0.919. The van der Waals surface area contributed by atoms with Gasteiger partial charge in [-0.1, -0.05) is 0 Å². The van der Waals surface area contributed by atoms with Gasteiger partial charge in [-0.2, -0.15) is 0 Å². The van der Waals surface area contributed by atoms with E-state index in [1.807, 2.05) is 20.8 Å². The van der Waals surface area contributed by atoms with Crippen molar-refractivity contribution in [3.63, 3.8) is 0 Å². The molecule has 0 saturated carbocycles. The summed E-state index contributed by atoms with van der Waals surface area (Å²) in [5.41, 5.74) is 1.81. The summed E-state index contributed by atoms with van der Waals surface area (Å²) in [5.74, 6) is 1.35. The minimum Gasteiger partial charge on any atom is -0.466 e. The minimum absolute atomic E-state index is 0.00653. The van der Waals surface area contributed by atoms with Gasteiger partial charge in [0.2, 0.25) is 0 Å². The number of hydrogen-bond donors (Lipinski definition) is 1. The Morgan fingerprint density at radius 1 is 1.26 bits per heavy atom. The van der Waals surface area contributed by atoms with E-state index in [2.05, 4.69) is 25.2 Å². The third kappa shape index (κ3) is 2.89. The van der Waals surface area contributed by atoms with Crippen LogP contribution in [0.1, 0.15) is 50.2 Å². The fourth-order valence-electron chi connectivity index (χ4n) is 2.29. The second-order valence-electron chi connectivity index (χ2n) is 4.89. The summed E-state index contributed by atoms with van der Waals surface area (Å²) < 4.78 is 5.39. The second kappa shape index (κ2) is 5.21. The number of thiophene rings is 1. The van der Waals surface area contributed by atoms with Crippen molar-refractivity contribution in [3.05, 3.63) is 44.5 Å². The molecule has 0 aliphatic rings. The number of amides is 1. The van der Waals surface area contributed by atoms with E-state index in [-0.39, 0.29) is 11.9 Å². The van der Waals surface area contributed by atoms with Crippen molar-refractivity contribution in [2.45, 2.75) is 40.7 Å². The molecule has 2 rings (SSSR count). The number of carbonyl (C=O) groups is 1. The largest absolute Gasteiger partial charge is 0.466 e. The van der Waals surface area contributed by atoms with Crippen LogP contribution in [0.15, 0.2) is 16.5 Å². The van der Waals surface area contributed by atoms with Crippen molar-refractivity contribution in [2.75, 3.05) is 0 Å². The van der Waals surface area contributed by atoms with Gasteiger partial charge < -0.3 is 9.73 Å². The van der Waals surface area contributed by atoms with Gasteiger partial charge in [0, 0.05) is 9.75 Å². The lowest BCUT2D eigenvalue weighted by molar-refractivity contribution is 0.0938. The van der Waals surface area contributed by atoms with E-state index in [4.69, 9.17) is 4.42 Å². The molecule has 1 unspecified atom stereocenters. The van der Waals surface area contributed by atoms with Crippen LogP contribution < -0.4 is 5.32 Å². The molecule has 1 atom stereocenters. The smallest absolute Gasteiger partial charge is 0.255 e. The Morgan fingerprint density at radius 3 is 2.42 bits per heavy atom. The average Bonchev–Trinajstić information content (AvgIpc) is 2.81. The first-order valence-corrected chi connectivity index (χ1v) is 7.15. The maximum absolute atomic E-state index is 12.2. The van der Waals surface area contributed by atoms with Crippen LogP contribution in [0, 0.1) is 27.7 Å². The SMILES string of the molecule is Cc1cc(C(=O)NC(C)c2cc(C)sc2C)c(C)o1. The van der Waals surface area contributed by atoms with E-state index in [1.165, 1.54) is 15.3 Å².